The largest absolute Gasteiger partial charge is 0.497 e. The maximum atomic E-state index is 13.1. The first kappa shape index (κ1) is 19.9. The number of aryl methyl sites for hydroxylation is 1. The molecular weight excluding hydrogens is 408 g/mol. The van der Waals surface area contributed by atoms with Gasteiger partial charge in [-0.15, -0.1) is 0 Å². The molecule has 1 amide bonds. The summed E-state index contributed by atoms with van der Waals surface area (Å²) in [6.45, 7) is 1.24. The summed E-state index contributed by atoms with van der Waals surface area (Å²) in [5.74, 6) is 2.91. The van der Waals surface area contributed by atoms with Gasteiger partial charge in [0.05, 0.1) is 18.1 Å². The quantitative estimate of drug-likeness (QED) is 0.476. The molecule has 0 saturated carbocycles. The molecule has 0 radical (unpaired) electrons. The van der Waals surface area contributed by atoms with Crippen molar-refractivity contribution < 1.29 is 14.1 Å². The summed E-state index contributed by atoms with van der Waals surface area (Å²) >= 11 is 0. The molecule has 0 spiro atoms. The summed E-state index contributed by atoms with van der Waals surface area (Å²) in [7, 11) is 3.58. The number of aromatic nitrogens is 4. The van der Waals surface area contributed by atoms with Crippen molar-refractivity contribution in [2.24, 2.45) is 0 Å². The van der Waals surface area contributed by atoms with Crippen molar-refractivity contribution >= 4 is 28.6 Å². The highest BCUT2D eigenvalue weighted by Gasteiger charge is 2.28. The number of para-hydroxylation sites is 2. The van der Waals surface area contributed by atoms with E-state index >= 15 is 0 Å². The molecule has 0 unspecified atom stereocenters. The lowest BCUT2D eigenvalue weighted by atomic mass is 10.2. The van der Waals surface area contributed by atoms with E-state index < -0.39 is 0 Å². The number of hydrogen-bond donors (Lipinski definition) is 0. The standard InChI is InChI=1S/C23H22N6O3/c1-28-13-14-29(23-22(28)24-17-5-3-4-6-18(17)25-23)20(30)12-11-19-26-21(27-32-19)15-7-9-16(31-2)10-8-15/h3-10H,11-14H2,1-2H3. The van der Waals surface area contributed by atoms with Gasteiger partial charge in [-0.05, 0) is 36.4 Å². The molecule has 1 aliphatic rings. The Bertz CT molecular complexity index is 1270. The van der Waals surface area contributed by atoms with Crippen LogP contribution in [0.3, 0.4) is 0 Å². The average Bonchev–Trinajstić information content (AvgIpc) is 3.31. The van der Waals surface area contributed by atoms with Gasteiger partial charge in [0.2, 0.25) is 17.6 Å². The lowest BCUT2D eigenvalue weighted by Crippen LogP contribution is -2.43. The van der Waals surface area contributed by atoms with E-state index in [1.54, 1.807) is 12.0 Å². The molecule has 9 heteroatoms. The van der Waals surface area contributed by atoms with Gasteiger partial charge in [0.25, 0.3) is 0 Å². The van der Waals surface area contributed by atoms with E-state index in [0.29, 0.717) is 42.9 Å². The SMILES string of the molecule is COc1ccc(-c2noc(CCC(=O)N3CCN(C)c4nc5ccccc5nc43)n2)cc1. The number of hydrogen-bond acceptors (Lipinski definition) is 8. The molecule has 1 aliphatic heterocycles. The van der Waals surface area contributed by atoms with Gasteiger partial charge in [0.1, 0.15) is 5.75 Å². The van der Waals surface area contributed by atoms with Crippen molar-refractivity contribution in [1.82, 2.24) is 20.1 Å². The van der Waals surface area contributed by atoms with E-state index in [-0.39, 0.29) is 12.3 Å². The second-order valence-electron chi connectivity index (χ2n) is 7.57. The van der Waals surface area contributed by atoms with Gasteiger partial charge in [-0.1, -0.05) is 17.3 Å². The molecule has 3 heterocycles. The Hall–Kier alpha value is -4.01. The highest BCUT2D eigenvalue weighted by molar-refractivity contribution is 5.97. The van der Waals surface area contributed by atoms with Crippen LogP contribution >= 0.6 is 0 Å². The van der Waals surface area contributed by atoms with Gasteiger partial charge in [0, 0.05) is 38.5 Å². The van der Waals surface area contributed by atoms with E-state index in [4.69, 9.17) is 19.2 Å². The number of methoxy groups -OCH3 is 1. The van der Waals surface area contributed by atoms with Crippen molar-refractivity contribution in [2.45, 2.75) is 12.8 Å². The molecule has 0 atom stereocenters. The smallest absolute Gasteiger partial charge is 0.228 e. The van der Waals surface area contributed by atoms with Crippen molar-refractivity contribution in [1.29, 1.82) is 0 Å². The van der Waals surface area contributed by atoms with E-state index in [0.717, 1.165) is 22.3 Å². The van der Waals surface area contributed by atoms with Crippen LogP contribution in [0.2, 0.25) is 0 Å². The zero-order valence-corrected chi connectivity index (χ0v) is 17.9. The van der Waals surface area contributed by atoms with Crippen LogP contribution in [-0.4, -0.2) is 53.3 Å². The van der Waals surface area contributed by atoms with Crippen molar-refractivity contribution in [3.05, 3.63) is 54.4 Å². The number of fused-ring (bicyclic) bond motifs is 2. The molecule has 0 aliphatic carbocycles. The van der Waals surface area contributed by atoms with Gasteiger partial charge in [-0.2, -0.15) is 4.98 Å². The Morgan fingerprint density at radius 3 is 2.44 bits per heavy atom. The van der Waals surface area contributed by atoms with Gasteiger partial charge in [0.15, 0.2) is 11.6 Å². The molecule has 32 heavy (non-hydrogen) atoms. The first-order valence-electron chi connectivity index (χ1n) is 10.4. The van der Waals surface area contributed by atoms with Gasteiger partial charge in [-0.25, -0.2) is 9.97 Å². The number of anilines is 2. The molecule has 2 aromatic carbocycles. The van der Waals surface area contributed by atoms with Gasteiger partial charge >= 0.3 is 0 Å². The number of nitrogens with zero attached hydrogens (tertiary/aromatic N) is 6. The van der Waals surface area contributed by atoms with Crippen molar-refractivity contribution in [2.75, 3.05) is 37.0 Å². The van der Waals surface area contributed by atoms with Crippen LogP contribution in [0.1, 0.15) is 12.3 Å². The molecule has 5 rings (SSSR count). The third-order valence-corrected chi connectivity index (χ3v) is 5.48. The number of amides is 1. The maximum absolute atomic E-state index is 13.1. The normalized spacial score (nSPS) is 13.3. The molecule has 162 valence electrons. The average molecular weight is 430 g/mol. The van der Waals surface area contributed by atoms with Gasteiger partial charge < -0.3 is 14.2 Å². The topological polar surface area (TPSA) is 97.5 Å². The Labute approximate surface area is 184 Å². The molecule has 0 fully saturated rings. The third kappa shape index (κ3) is 3.73. The van der Waals surface area contributed by atoms with Crippen molar-refractivity contribution in [3.8, 4) is 17.1 Å². The zero-order valence-electron chi connectivity index (χ0n) is 17.9. The first-order chi connectivity index (χ1) is 15.6. The van der Waals surface area contributed by atoms with Crippen LogP contribution in [0.15, 0.2) is 53.1 Å². The van der Waals surface area contributed by atoms with E-state index in [2.05, 4.69) is 10.1 Å². The molecule has 0 bridgehead atoms. The summed E-state index contributed by atoms with van der Waals surface area (Å²) in [5.41, 5.74) is 2.40. The summed E-state index contributed by atoms with van der Waals surface area (Å²) in [4.78, 5) is 30.7. The Kier molecular flexibility index (Phi) is 5.14. The minimum atomic E-state index is -0.0480. The summed E-state index contributed by atoms with van der Waals surface area (Å²) in [5, 5.41) is 4.03. The first-order valence-corrected chi connectivity index (χ1v) is 10.4. The van der Waals surface area contributed by atoms with E-state index in [1.165, 1.54) is 0 Å². The summed E-state index contributed by atoms with van der Waals surface area (Å²) in [6, 6.07) is 15.1. The van der Waals surface area contributed by atoms with Crippen molar-refractivity contribution in [3.63, 3.8) is 0 Å². The fourth-order valence-corrected chi connectivity index (χ4v) is 3.69. The van der Waals surface area contributed by atoms with E-state index in [9.17, 15) is 4.79 Å². The summed E-state index contributed by atoms with van der Waals surface area (Å²) in [6.07, 6.45) is 0.590. The number of carbonyl (C=O) groups excluding carboxylic acids is 1. The number of ether oxygens (including phenoxy) is 1. The number of likely N-dealkylation sites (N-methyl/N-ethyl adjacent to an activating group) is 1. The van der Waals surface area contributed by atoms with Crippen LogP contribution in [0.4, 0.5) is 11.6 Å². The highest BCUT2D eigenvalue weighted by Crippen LogP contribution is 2.31. The second kappa shape index (κ2) is 8.26. The monoisotopic (exact) mass is 430 g/mol. The lowest BCUT2D eigenvalue weighted by Gasteiger charge is -2.33. The zero-order chi connectivity index (χ0) is 22.1. The molecule has 0 saturated heterocycles. The fourth-order valence-electron chi connectivity index (χ4n) is 3.69. The number of benzene rings is 2. The molecule has 4 aromatic rings. The fraction of sp³-hybridized carbons (Fsp3) is 0.261. The Balaban J connectivity index is 1.31. The molecule has 9 nitrogen and oxygen atoms in total. The van der Waals surface area contributed by atoms with Crippen LogP contribution in [-0.2, 0) is 11.2 Å². The molecule has 0 N–H and O–H groups in total. The van der Waals surface area contributed by atoms with Crippen LogP contribution in [0.5, 0.6) is 5.75 Å². The Morgan fingerprint density at radius 1 is 1.00 bits per heavy atom. The van der Waals surface area contributed by atoms with Crippen LogP contribution in [0, 0.1) is 0 Å². The van der Waals surface area contributed by atoms with E-state index in [1.807, 2.05) is 60.5 Å². The minimum absolute atomic E-state index is 0.0480. The number of carbonyl (C=O) groups is 1. The predicted molar refractivity (Wildman–Crippen MR) is 120 cm³/mol. The molecule has 2 aromatic heterocycles. The van der Waals surface area contributed by atoms with Crippen LogP contribution < -0.4 is 14.5 Å². The second-order valence-corrected chi connectivity index (χ2v) is 7.57. The third-order valence-electron chi connectivity index (χ3n) is 5.48. The minimum Gasteiger partial charge on any atom is -0.497 e. The summed E-state index contributed by atoms with van der Waals surface area (Å²) < 4.78 is 10.5. The predicted octanol–water partition coefficient (Wildman–Crippen LogP) is 3.10. The highest BCUT2D eigenvalue weighted by atomic mass is 16.5. The Morgan fingerprint density at radius 2 is 1.72 bits per heavy atom. The number of rotatable bonds is 5. The maximum Gasteiger partial charge on any atom is 0.228 e. The van der Waals surface area contributed by atoms with Crippen LogP contribution in [0.25, 0.3) is 22.4 Å². The molecular formula is C23H22N6O3. The lowest BCUT2D eigenvalue weighted by molar-refractivity contribution is -0.118. The van der Waals surface area contributed by atoms with Gasteiger partial charge in [-0.3, -0.25) is 9.69 Å².